The lowest BCUT2D eigenvalue weighted by atomic mass is 10.1. The molecule has 0 saturated heterocycles. The molecule has 22 heavy (non-hydrogen) atoms. The number of carbonyl (C=O) groups excluding carboxylic acids is 1. The largest absolute Gasteiger partial charge is 0.482 e. The summed E-state index contributed by atoms with van der Waals surface area (Å²) in [6.45, 7) is 6.63. The van der Waals surface area contributed by atoms with E-state index in [4.69, 9.17) is 9.47 Å². The van der Waals surface area contributed by atoms with Crippen LogP contribution < -0.4 is 4.74 Å². The number of hydrogen-bond donors (Lipinski definition) is 0. The van der Waals surface area contributed by atoms with Crippen molar-refractivity contribution in [3.05, 3.63) is 35.2 Å². The average Bonchev–Trinajstić information content (AvgIpc) is 2.94. The molecule has 1 aromatic heterocycles. The normalized spacial score (nSPS) is 10.5. The van der Waals surface area contributed by atoms with Crippen LogP contribution in [0.2, 0.25) is 0 Å². The Morgan fingerprint density at radius 3 is 2.82 bits per heavy atom. The minimum atomic E-state index is -0.454. The SMILES string of the molecule is CCCn1nnnc1COC(=O)COc1ccc(C)c(C)c1. The van der Waals surface area contributed by atoms with Crippen molar-refractivity contribution in [1.29, 1.82) is 0 Å². The van der Waals surface area contributed by atoms with Crippen molar-refractivity contribution in [3.8, 4) is 5.75 Å². The van der Waals surface area contributed by atoms with Gasteiger partial charge in [-0.3, -0.25) is 0 Å². The van der Waals surface area contributed by atoms with Gasteiger partial charge in [-0.2, -0.15) is 0 Å². The first kappa shape index (κ1) is 15.9. The van der Waals surface area contributed by atoms with Crippen molar-refractivity contribution in [2.24, 2.45) is 0 Å². The number of rotatable bonds is 7. The second-order valence-electron chi connectivity index (χ2n) is 5.01. The predicted octanol–water partition coefficient (Wildman–Crippen LogP) is 1.82. The Labute approximate surface area is 129 Å². The van der Waals surface area contributed by atoms with Crippen LogP contribution in [0.3, 0.4) is 0 Å². The molecule has 1 heterocycles. The summed E-state index contributed by atoms with van der Waals surface area (Å²) in [5.41, 5.74) is 2.29. The average molecular weight is 304 g/mol. The first-order valence-electron chi connectivity index (χ1n) is 7.21. The Balaban J connectivity index is 1.80. The number of aryl methyl sites for hydroxylation is 3. The molecule has 0 bridgehead atoms. The summed E-state index contributed by atoms with van der Waals surface area (Å²) >= 11 is 0. The topological polar surface area (TPSA) is 79.1 Å². The fourth-order valence-corrected chi connectivity index (χ4v) is 1.84. The zero-order valence-electron chi connectivity index (χ0n) is 13.1. The number of ether oxygens (including phenoxy) is 2. The fraction of sp³-hybridized carbons (Fsp3) is 0.467. The van der Waals surface area contributed by atoms with E-state index in [0.29, 0.717) is 18.1 Å². The number of carbonyl (C=O) groups is 1. The maximum atomic E-state index is 11.7. The molecule has 2 rings (SSSR count). The molecule has 0 saturated carbocycles. The summed E-state index contributed by atoms with van der Waals surface area (Å²) in [6, 6.07) is 5.68. The second kappa shape index (κ2) is 7.53. The van der Waals surface area contributed by atoms with Crippen molar-refractivity contribution in [2.75, 3.05) is 6.61 Å². The number of esters is 1. The van der Waals surface area contributed by atoms with E-state index in [1.54, 1.807) is 4.68 Å². The van der Waals surface area contributed by atoms with Crippen LogP contribution in [-0.2, 0) is 22.7 Å². The van der Waals surface area contributed by atoms with Crippen LogP contribution in [0.5, 0.6) is 5.75 Å². The van der Waals surface area contributed by atoms with E-state index < -0.39 is 5.97 Å². The first-order valence-corrected chi connectivity index (χ1v) is 7.21. The van der Waals surface area contributed by atoms with Crippen LogP contribution in [-0.4, -0.2) is 32.8 Å². The van der Waals surface area contributed by atoms with Gasteiger partial charge in [0.15, 0.2) is 19.0 Å². The van der Waals surface area contributed by atoms with Crippen LogP contribution in [0.4, 0.5) is 0 Å². The summed E-state index contributed by atoms with van der Waals surface area (Å²) in [7, 11) is 0. The molecule has 0 radical (unpaired) electrons. The van der Waals surface area contributed by atoms with E-state index >= 15 is 0 Å². The molecule has 0 spiro atoms. The van der Waals surface area contributed by atoms with Gasteiger partial charge in [-0.15, -0.1) is 5.10 Å². The van der Waals surface area contributed by atoms with Gasteiger partial charge in [0.1, 0.15) is 5.75 Å². The van der Waals surface area contributed by atoms with E-state index in [9.17, 15) is 4.79 Å². The molecule has 0 fully saturated rings. The maximum absolute atomic E-state index is 11.7. The maximum Gasteiger partial charge on any atom is 0.344 e. The first-order chi connectivity index (χ1) is 10.6. The van der Waals surface area contributed by atoms with Gasteiger partial charge in [0.25, 0.3) is 0 Å². The molecular weight excluding hydrogens is 284 g/mol. The Hall–Kier alpha value is -2.44. The standard InChI is InChI=1S/C15H20N4O3/c1-4-7-19-14(16-17-18-19)9-22-15(20)10-21-13-6-5-11(2)12(3)8-13/h5-6,8H,4,7,9-10H2,1-3H3. The Morgan fingerprint density at radius 2 is 2.09 bits per heavy atom. The molecule has 0 aliphatic heterocycles. The highest BCUT2D eigenvalue weighted by atomic mass is 16.6. The van der Waals surface area contributed by atoms with E-state index in [-0.39, 0.29) is 13.2 Å². The molecule has 7 nitrogen and oxygen atoms in total. The Kier molecular flexibility index (Phi) is 5.46. The lowest BCUT2D eigenvalue weighted by Gasteiger charge is -2.08. The molecule has 0 unspecified atom stereocenters. The molecule has 118 valence electrons. The second-order valence-corrected chi connectivity index (χ2v) is 5.01. The van der Waals surface area contributed by atoms with Crippen molar-refractivity contribution >= 4 is 5.97 Å². The fourth-order valence-electron chi connectivity index (χ4n) is 1.84. The molecule has 0 aliphatic carbocycles. The van der Waals surface area contributed by atoms with E-state index in [0.717, 1.165) is 12.0 Å². The van der Waals surface area contributed by atoms with Crippen LogP contribution in [0.25, 0.3) is 0 Å². The van der Waals surface area contributed by atoms with Crippen molar-refractivity contribution in [3.63, 3.8) is 0 Å². The van der Waals surface area contributed by atoms with Gasteiger partial charge in [-0.05, 0) is 54.0 Å². The quantitative estimate of drug-likeness (QED) is 0.726. The zero-order chi connectivity index (χ0) is 15.9. The molecule has 1 aromatic carbocycles. The van der Waals surface area contributed by atoms with Crippen molar-refractivity contribution in [1.82, 2.24) is 20.2 Å². The van der Waals surface area contributed by atoms with Crippen LogP contribution in [0, 0.1) is 13.8 Å². The van der Waals surface area contributed by atoms with Gasteiger partial charge in [0.2, 0.25) is 0 Å². The highest BCUT2D eigenvalue weighted by molar-refractivity contribution is 5.71. The summed E-state index contributed by atoms with van der Waals surface area (Å²) in [4.78, 5) is 11.7. The van der Waals surface area contributed by atoms with Gasteiger partial charge < -0.3 is 9.47 Å². The summed E-state index contributed by atoms with van der Waals surface area (Å²) in [6.07, 6.45) is 0.905. The summed E-state index contributed by atoms with van der Waals surface area (Å²) in [5, 5.41) is 11.2. The molecular formula is C15H20N4O3. The van der Waals surface area contributed by atoms with Gasteiger partial charge in [-0.25, -0.2) is 9.48 Å². The number of benzene rings is 1. The van der Waals surface area contributed by atoms with Crippen LogP contribution in [0.15, 0.2) is 18.2 Å². The number of tetrazole rings is 1. The zero-order valence-corrected chi connectivity index (χ0v) is 13.1. The third-order valence-electron chi connectivity index (χ3n) is 3.24. The third-order valence-corrected chi connectivity index (χ3v) is 3.24. The monoisotopic (exact) mass is 304 g/mol. The lowest BCUT2D eigenvalue weighted by molar-refractivity contribution is -0.147. The number of aromatic nitrogens is 4. The molecule has 7 heteroatoms. The minimum absolute atomic E-state index is 0.0438. The molecule has 0 aliphatic rings. The molecule has 0 atom stereocenters. The number of hydrogen-bond acceptors (Lipinski definition) is 6. The molecule has 0 amide bonds. The van der Waals surface area contributed by atoms with E-state index in [1.807, 2.05) is 39.0 Å². The summed E-state index contributed by atoms with van der Waals surface area (Å²) < 4.78 is 12.2. The van der Waals surface area contributed by atoms with Crippen LogP contribution in [0.1, 0.15) is 30.3 Å². The van der Waals surface area contributed by atoms with Gasteiger partial charge in [0.05, 0.1) is 0 Å². The molecule has 0 N–H and O–H groups in total. The smallest absolute Gasteiger partial charge is 0.344 e. The van der Waals surface area contributed by atoms with Crippen molar-refractivity contribution < 1.29 is 14.3 Å². The van der Waals surface area contributed by atoms with Crippen molar-refractivity contribution in [2.45, 2.75) is 40.3 Å². The highest BCUT2D eigenvalue weighted by Crippen LogP contribution is 2.16. The minimum Gasteiger partial charge on any atom is -0.482 e. The lowest BCUT2D eigenvalue weighted by Crippen LogP contribution is -2.16. The highest BCUT2D eigenvalue weighted by Gasteiger charge is 2.10. The predicted molar refractivity (Wildman–Crippen MR) is 79.3 cm³/mol. The van der Waals surface area contributed by atoms with Gasteiger partial charge >= 0.3 is 5.97 Å². The van der Waals surface area contributed by atoms with E-state index in [1.165, 1.54) is 5.56 Å². The van der Waals surface area contributed by atoms with Crippen LogP contribution >= 0.6 is 0 Å². The summed E-state index contributed by atoms with van der Waals surface area (Å²) in [5.74, 6) is 0.724. The number of nitrogens with zero attached hydrogens (tertiary/aromatic N) is 4. The Morgan fingerprint density at radius 1 is 1.27 bits per heavy atom. The third kappa shape index (κ3) is 4.28. The molecule has 2 aromatic rings. The van der Waals surface area contributed by atoms with E-state index in [2.05, 4.69) is 15.5 Å². The van der Waals surface area contributed by atoms with Gasteiger partial charge in [-0.1, -0.05) is 13.0 Å². The Bertz CT molecular complexity index is 639. The van der Waals surface area contributed by atoms with Gasteiger partial charge in [0, 0.05) is 6.54 Å².